The second kappa shape index (κ2) is 12.9. The number of benzene rings is 2. The molecule has 0 spiro atoms. The van der Waals surface area contributed by atoms with Crippen LogP contribution in [0.15, 0.2) is 76.8 Å². The summed E-state index contributed by atoms with van der Waals surface area (Å²) in [6, 6.07) is 15.2. The third-order valence-electron chi connectivity index (χ3n) is 6.95. The third kappa shape index (κ3) is 7.26. The van der Waals surface area contributed by atoms with Crippen molar-refractivity contribution in [3.8, 4) is 5.75 Å². The summed E-state index contributed by atoms with van der Waals surface area (Å²) in [5, 5.41) is 0. The van der Waals surface area contributed by atoms with Gasteiger partial charge in [0.2, 0.25) is 0 Å². The van der Waals surface area contributed by atoms with Gasteiger partial charge in [0.15, 0.2) is 6.61 Å². The average molecular weight is 573 g/mol. The summed E-state index contributed by atoms with van der Waals surface area (Å²) in [4.78, 5) is 24.4. The largest absolute Gasteiger partial charge is 0.482 e. The number of halogens is 3. The van der Waals surface area contributed by atoms with Crippen LogP contribution < -0.4 is 9.64 Å². The van der Waals surface area contributed by atoms with Crippen LogP contribution in [0.5, 0.6) is 5.75 Å². The molecule has 3 heterocycles. The van der Waals surface area contributed by atoms with Gasteiger partial charge in [0.05, 0.1) is 16.9 Å². The van der Waals surface area contributed by atoms with E-state index in [4.69, 9.17) is 9.47 Å². The standard InChI is InChI=1S/C29H31F3N4O3S/c30-29(31,32)22-6-7-27-25(20-22)36(24-4-1-2-5-26(24)40-27)13-3-12-34-14-16-35(17-15-34)18-19-38-28(37)21-39-23-8-10-33-11-9-23/h1-2,4-11,20H,3,12-19,21H2. The molecule has 0 N–H and O–H groups in total. The molecule has 2 aliphatic heterocycles. The fraction of sp³-hybridized carbons (Fsp3) is 0.379. The lowest BCUT2D eigenvalue weighted by atomic mass is 10.1. The van der Waals surface area contributed by atoms with Gasteiger partial charge in [-0.2, -0.15) is 13.2 Å². The summed E-state index contributed by atoms with van der Waals surface area (Å²) >= 11 is 1.51. The molecule has 0 bridgehead atoms. The molecule has 0 amide bonds. The molecule has 1 fully saturated rings. The molecule has 2 aromatic carbocycles. The first-order chi connectivity index (χ1) is 19.4. The molecule has 0 radical (unpaired) electrons. The van der Waals surface area contributed by atoms with Crippen molar-refractivity contribution in [3.63, 3.8) is 0 Å². The highest BCUT2D eigenvalue weighted by atomic mass is 32.2. The summed E-state index contributed by atoms with van der Waals surface area (Å²) < 4.78 is 51.0. The Labute approximate surface area is 235 Å². The Bertz CT molecular complexity index is 1290. The van der Waals surface area contributed by atoms with Gasteiger partial charge in [-0.1, -0.05) is 23.9 Å². The fourth-order valence-corrected chi connectivity index (χ4v) is 5.92. The predicted octanol–water partition coefficient (Wildman–Crippen LogP) is 5.33. The van der Waals surface area contributed by atoms with E-state index in [0.717, 1.165) is 60.7 Å². The Morgan fingerprint density at radius 2 is 1.57 bits per heavy atom. The Kier molecular flexibility index (Phi) is 9.13. The first-order valence-corrected chi connectivity index (χ1v) is 14.1. The molecule has 0 atom stereocenters. The van der Waals surface area contributed by atoms with Gasteiger partial charge in [0.25, 0.3) is 0 Å². The molecule has 5 rings (SSSR count). The van der Waals surface area contributed by atoms with E-state index in [-0.39, 0.29) is 6.61 Å². The number of carbonyl (C=O) groups is 1. The van der Waals surface area contributed by atoms with Gasteiger partial charge in [0, 0.05) is 61.5 Å². The maximum Gasteiger partial charge on any atom is 0.416 e. The summed E-state index contributed by atoms with van der Waals surface area (Å²) in [7, 11) is 0. The van der Waals surface area contributed by atoms with Crippen LogP contribution in [0.4, 0.5) is 24.5 Å². The van der Waals surface area contributed by atoms with Crippen LogP contribution in [-0.4, -0.2) is 79.8 Å². The molecule has 11 heteroatoms. The van der Waals surface area contributed by atoms with E-state index in [9.17, 15) is 18.0 Å². The lowest BCUT2D eigenvalue weighted by Crippen LogP contribution is -2.47. The van der Waals surface area contributed by atoms with Crippen molar-refractivity contribution in [3.05, 3.63) is 72.6 Å². The monoisotopic (exact) mass is 572 g/mol. The summed E-state index contributed by atoms with van der Waals surface area (Å²) in [6.45, 7) is 5.83. The zero-order valence-electron chi connectivity index (χ0n) is 22.0. The van der Waals surface area contributed by atoms with E-state index < -0.39 is 17.7 Å². The normalized spacial score (nSPS) is 15.8. The summed E-state index contributed by atoms with van der Waals surface area (Å²) in [5.41, 5.74) is 0.938. The van der Waals surface area contributed by atoms with Gasteiger partial charge in [0.1, 0.15) is 12.4 Å². The van der Waals surface area contributed by atoms with E-state index >= 15 is 0 Å². The van der Waals surface area contributed by atoms with Crippen molar-refractivity contribution in [2.75, 3.05) is 63.9 Å². The lowest BCUT2D eigenvalue weighted by molar-refractivity contribution is -0.146. The number of hydrogen-bond acceptors (Lipinski definition) is 8. The highest BCUT2D eigenvalue weighted by Crippen LogP contribution is 2.49. The maximum atomic E-state index is 13.5. The summed E-state index contributed by atoms with van der Waals surface area (Å²) in [6.07, 6.45) is -0.367. The quantitative estimate of drug-likeness (QED) is 0.302. The van der Waals surface area contributed by atoms with Crippen molar-refractivity contribution < 1.29 is 27.4 Å². The third-order valence-corrected chi connectivity index (χ3v) is 8.08. The van der Waals surface area contributed by atoms with Crippen molar-refractivity contribution in [1.29, 1.82) is 0 Å². The smallest absolute Gasteiger partial charge is 0.416 e. The number of ether oxygens (including phenoxy) is 2. The van der Waals surface area contributed by atoms with E-state index in [0.29, 0.717) is 31.1 Å². The predicted molar refractivity (Wildman–Crippen MR) is 147 cm³/mol. The molecular formula is C29H31F3N4O3S. The van der Waals surface area contributed by atoms with Crippen LogP contribution in [0.1, 0.15) is 12.0 Å². The minimum Gasteiger partial charge on any atom is -0.482 e. The maximum absolute atomic E-state index is 13.5. The second-order valence-electron chi connectivity index (χ2n) is 9.63. The van der Waals surface area contributed by atoms with Gasteiger partial charge < -0.3 is 19.3 Å². The van der Waals surface area contributed by atoms with Crippen molar-refractivity contribution in [1.82, 2.24) is 14.8 Å². The number of alkyl halides is 3. The first kappa shape index (κ1) is 28.3. The average Bonchev–Trinajstić information content (AvgIpc) is 2.96. The topological polar surface area (TPSA) is 58.1 Å². The number of esters is 1. The fourth-order valence-electron chi connectivity index (χ4n) is 4.84. The molecule has 3 aromatic rings. The van der Waals surface area contributed by atoms with Crippen LogP contribution in [0.3, 0.4) is 0 Å². The first-order valence-electron chi connectivity index (χ1n) is 13.3. The molecule has 1 saturated heterocycles. The minimum atomic E-state index is -4.38. The number of anilines is 2. The Morgan fingerprint density at radius 1 is 0.875 bits per heavy atom. The number of hydrogen-bond donors (Lipinski definition) is 0. The molecule has 7 nitrogen and oxygen atoms in total. The molecule has 0 aliphatic carbocycles. The van der Waals surface area contributed by atoms with Crippen LogP contribution in [0.2, 0.25) is 0 Å². The number of carbonyl (C=O) groups excluding carboxylic acids is 1. The Hall–Kier alpha value is -3.28. The number of rotatable bonds is 10. The second-order valence-corrected chi connectivity index (χ2v) is 10.7. The highest BCUT2D eigenvalue weighted by Gasteiger charge is 2.33. The molecule has 0 saturated carbocycles. The minimum absolute atomic E-state index is 0.139. The molecule has 212 valence electrons. The van der Waals surface area contributed by atoms with Crippen molar-refractivity contribution >= 4 is 29.1 Å². The number of para-hydroxylation sites is 1. The van der Waals surface area contributed by atoms with E-state index in [1.54, 1.807) is 30.6 Å². The molecule has 1 aromatic heterocycles. The van der Waals surface area contributed by atoms with Crippen LogP contribution in [-0.2, 0) is 15.7 Å². The molecule has 2 aliphatic rings. The Balaban J connectivity index is 1.06. The van der Waals surface area contributed by atoms with Crippen molar-refractivity contribution in [2.45, 2.75) is 22.4 Å². The van der Waals surface area contributed by atoms with Gasteiger partial charge in [-0.15, -0.1) is 0 Å². The van der Waals surface area contributed by atoms with Gasteiger partial charge >= 0.3 is 12.1 Å². The molecular weight excluding hydrogens is 541 g/mol. The van der Waals surface area contributed by atoms with Crippen molar-refractivity contribution in [2.24, 2.45) is 0 Å². The van der Waals surface area contributed by atoms with Gasteiger partial charge in [-0.25, -0.2) is 4.79 Å². The zero-order chi connectivity index (χ0) is 28.0. The van der Waals surface area contributed by atoms with E-state index in [1.165, 1.54) is 17.8 Å². The highest BCUT2D eigenvalue weighted by molar-refractivity contribution is 7.99. The molecule has 0 unspecified atom stereocenters. The van der Waals surface area contributed by atoms with Gasteiger partial charge in [-0.05, 0) is 55.4 Å². The number of aromatic nitrogens is 1. The SMILES string of the molecule is O=C(COc1ccncc1)OCCN1CCN(CCCN2c3ccccc3Sc3ccc(C(F)(F)F)cc32)CC1. The number of fused-ring (bicyclic) bond motifs is 2. The molecule has 40 heavy (non-hydrogen) atoms. The number of piperazine rings is 1. The summed E-state index contributed by atoms with van der Waals surface area (Å²) in [5.74, 6) is 0.166. The van der Waals surface area contributed by atoms with Crippen LogP contribution >= 0.6 is 11.8 Å². The number of nitrogens with zero attached hydrogens (tertiary/aromatic N) is 4. The number of pyridine rings is 1. The zero-order valence-corrected chi connectivity index (χ0v) is 22.8. The van der Waals surface area contributed by atoms with Crippen LogP contribution in [0, 0.1) is 0 Å². The lowest BCUT2D eigenvalue weighted by Gasteiger charge is -2.36. The van der Waals surface area contributed by atoms with Gasteiger partial charge in [-0.3, -0.25) is 9.88 Å². The van der Waals surface area contributed by atoms with E-state index in [1.807, 2.05) is 29.2 Å². The van der Waals surface area contributed by atoms with E-state index in [2.05, 4.69) is 14.8 Å². The van der Waals surface area contributed by atoms with Crippen LogP contribution in [0.25, 0.3) is 0 Å². The Morgan fingerprint density at radius 3 is 2.33 bits per heavy atom.